The van der Waals surface area contributed by atoms with Crippen LogP contribution in [0.2, 0.25) is 0 Å². The summed E-state index contributed by atoms with van der Waals surface area (Å²) < 4.78 is 3.48. The lowest BCUT2D eigenvalue weighted by atomic mass is 9.97. The zero-order valence-electron chi connectivity index (χ0n) is 20.7. The summed E-state index contributed by atoms with van der Waals surface area (Å²) in [6.45, 7) is 0. The number of hydrogen-bond acceptors (Lipinski definition) is 0. The molecule has 0 saturated heterocycles. The van der Waals surface area contributed by atoms with Crippen LogP contribution < -0.4 is 0 Å². The first-order valence-electron chi connectivity index (χ1n) is 12.8. The van der Waals surface area contributed by atoms with Crippen molar-refractivity contribution < 1.29 is 0 Å². The molecule has 0 fully saturated rings. The van der Waals surface area contributed by atoms with Crippen molar-refractivity contribution >= 4 is 37.7 Å². The molecule has 0 spiro atoms. The lowest BCUT2D eigenvalue weighted by Gasteiger charge is -2.09. The van der Waals surface area contributed by atoms with Crippen molar-refractivity contribution in [2.45, 2.75) is 0 Å². The summed E-state index contributed by atoms with van der Waals surface area (Å²) in [6, 6.07) is 52.3. The molecule has 0 aliphatic carbocycles. The summed E-state index contributed by atoms with van der Waals surface area (Å²) >= 11 is 3.55. The summed E-state index contributed by atoms with van der Waals surface area (Å²) in [7, 11) is 0. The van der Waals surface area contributed by atoms with Crippen LogP contribution in [0, 0.1) is 0 Å². The minimum absolute atomic E-state index is 1.09. The predicted molar refractivity (Wildman–Crippen MR) is 165 cm³/mol. The number of hydrogen-bond donors (Lipinski definition) is 0. The highest BCUT2D eigenvalue weighted by Gasteiger charge is 2.14. The van der Waals surface area contributed by atoms with Crippen LogP contribution in [0.3, 0.4) is 0 Å². The maximum Gasteiger partial charge on any atom is 0.0547 e. The Balaban J connectivity index is 1.42. The van der Waals surface area contributed by atoms with Gasteiger partial charge in [0, 0.05) is 20.9 Å². The molecule has 0 radical (unpaired) electrons. The van der Waals surface area contributed by atoms with Crippen LogP contribution in [0.5, 0.6) is 0 Å². The van der Waals surface area contributed by atoms with Crippen molar-refractivity contribution in [3.05, 3.63) is 150 Å². The smallest absolute Gasteiger partial charge is 0.0547 e. The first-order valence-corrected chi connectivity index (χ1v) is 13.6. The van der Waals surface area contributed by atoms with Gasteiger partial charge in [0.2, 0.25) is 0 Å². The Bertz CT molecular complexity index is 1900. The average Bonchev–Trinajstić information content (AvgIpc) is 3.31. The Kier molecular flexibility index (Phi) is 5.68. The van der Waals surface area contributed by atoms with Crippen LogP contribution in [-0.4, -0.2) is 4.57 Å². The molecule has 1 nitrogen and oxygen atoms in total. The molecule has 2 heteroatoms. The quantitative estimate of drug-likeness (QED) is 0.205. The molecule has 1 aromatic heterocycles. The minimum atomic E-state index is 1.09. The molecule has 7 rings (SSSR count). The lowest BCUT2D eigenvalue weighted by molar-refractivity contribution is 1.18. The first-order chi connectivity index (χ1) is 18.7. The van der Waals surface area contributed by atoms with Gasteiger partial charge in [-0.05, 0) is 81.9 Å². The van der Waals surface area contributed by atoms with E-state index in [4.69, 9.17) is 0 Å². The molecule has 1 heterocycles. The van der Waals surface area contributed by atoms with E-state index in [9.17, 15) is 0 Å². The summed E-state index contributed by atoms with van der Waals surface area (Å²) in [4.78, 5) is 0. The van der Waals surface area contributed by atoms with E-state index in [0.29, 0.717) is 0 Å². The van der Waals surface area contributed by atoms with Crippen molar-refractivity contribution in [3.8, 4) is 39.1 Å². The second-order valence-corrected chi connectivity index (χ2v) is 10.5. The van der Waals surface area contributed by atoms with Crippen LogP contribution in [0.1, 0.15) is 0 Å². The fourth-order valence-electron chi connectivity index (χ4n) is 5.39. The molecule has 0 unspecified atom stereocenters. The molecule has 0 aliphatic heterocycles. The molecule has 0 bridgehead atoms. The number of halogens is 1. The van der Waals surface area contributed by atoms with Gasteiger partial charge in [0.15, 0.2) is 0 Å². The number of para-hydroxylation sites is 1. The highest BCUT2D eigenvalue weighted by Crippen LogP contribution is 2.37. The van der Waals surface area contributed by atoms with E-state index in [-0.39, 0.29) is 0 Å². The van der Waals surface area contributed by atoms with E-state index >= 15 is 0 Å². The Morgan fingerprint density at radius 3 is 1.68 bits per heavy atom. The van der Waals surface area contributed by atoms with E-state index in [1.165, 1.54) is 60.9 Å². The van der Waals surface area contributed by atoms with Crippen molar-refractivity contribution in [2.75, 3.05) is 0 Å². The number of aromatic nitrogens is 1. The van der Waals surface area contributed by atoms with Gasteiger partial charge in [-0.3, -0.25) is 0 Å². The minimum Gasteiger partial charge on any atom is -0.309 e. The highest BCUT2D eigenvalue weighted by atomic mass is 79.9. The van der Waals surface area contributed by atoms with Crippen LogP contribution in [0.4, 0.5) is 0 Å². The third-order valence-corrected chi connectivity index (χ3v) is 7.79. The zero-order valence-corrected chi connectivity index (χ0v) is 22.3. The Morgan fingerprint density at radius 2 is 0.921 bits per heavy atom. The molecule has 0 saturated carbocycles. The molecule has 6 aromatic carbocycles. The molecular weight excluding hydrogens is 526 g/mol. The zero-order chi connectivity index (χ0) is 25.5. The van der Waals surface area contributed by atoms with Gasteiger partial charge in [-0.25, -0.2) is 0 Å². The van der Waals surface area contributed by atoms with E-state index in [1.54, 1.807) is 0 Å². The van der Waals surface area contributed by atoms with E-state index in [1.807, 2.05) is 0 Å². The molecule has 7 aromatic rings. The van der Waals surface area contributed by atoms with Gasteiger partial charge >= 0.3 is 0 Å². The predicted octanol–water partition coefficient (Wildman–Crippen LogP) is 10.5. The molecule has 38 heavy (non-hydrogen) atoms. The molecule has 0 N–H and O–H groups in total. The number of benzene rings is 6. The monoisotopic (exact) mass is 549 g/mol. The standard InChI is InChI=1S/C36H24BrN/c37-31-18-14-26(15-19-31)27-10-7-11-28(22-27)29-17-21-35-34(23-29)33-20-16-30(25-8-3-1-4-9-25)24-36(33)38(35)32-12-5-2-6-13-32/h1-24H. The van der Waals surface area contributed by atoms with E-state index in [2.05, 4.69) is 166 Å². The molecule has 0 amide bonds. The van der Waals surface area contributed by atoms with Crippen LogP contribution in [-0.2, 0) is 0 Å². The van der Waals surface area contributed by atoms with Crippen molar-refractivity contribution in [3.63, 3.8) is 0 Å². The Hall–Kier alpha value is -4.40. The highest BCUT2D eigenvalue weighted by molar-refractivity contribution is 9.10. The maximum atomic E-state index is 3.55. The average molecular weight is 550 g/mol. The van der Waals surface area contributed by atoms with Gasteiger partial charge in [0.1, 0.15) is 0 Å². The second-order valence-electron chi connectivity index (χ2n) is 9.59. The van der Waals surface area contributed by atoms with Crippen LogP contribution in [0.15, 0.2) is 150 Å². The third kappa shape index (κ3) is 4.04. The van der Waals surface area contributed by atoms with Crippen LogP contribution in [0.25, 0.3) is 60.9 Å². The third-order valence-electron chi connectivity index (χ3n) is 7.26. The van der Waals surface area contributed by atoms with E-state index < -0.39 is 0 Å². The number of fused-ring (bicyclic) bond motifs is 3. The topological polar surface area (TPSA) is 4.93 Å². The molecule has 0 atom stereocenters. The molecule has 180 valence electrons. The largest absolute Gasteiger partial charge is 0.309 e. The van der Waals surface area contributed by atoms with Gasteiger partial charge in [0.05, 0.1) is 11.0 Å². The van der Waals surface area contributed by atoms with Crippen LogP contribution >= 0.6 is 15.9 Å². The number of nitrogens with zero attached hydrogens (tertiary/aromatic N) is 1. The van der Waals surface area contributed by atoms with Gasteiger partial charge in [-0.2, -0.15) is 0 Å². The van der Waals surface area contributed by atoms with Gasteiger partial charge < -0.3 is 4.57 Å². The normalized spacial score (nSPS) is 11.3. The van der Waals surface area contributed by atoms with Crippen molar-refractivity contribution in [1.82, 2.24) is 4.57 Å². The van der Waals surface area contributed by atoms with Crippen molar-refractivity contribution in [1.29, 1.82) is 0 Å². The van der Waals surface area contributed by atoms with Gasteiger partial charge in [-0.1, -0.05) is 113 Å². The Labute approximate surface area is 230 Å². The van der Waals surface area contributed by atoms with Crippen molar-refractivity contribution in [2.24, 2.45) is 0 Å². The second kappa shape index (κ2) is 9.48. The summed E-state index contributed by atoms with van der Waals surface area (Å²) in [5.41, 5.74) is 10.9. The lowest BCUT2D eigenvalue weighted by Crippen LogP contribution is -1.93. The van der Waals surface area contributed by atoms with Gasteiger partial charge in [-0.15, -0.1) is 0 Å². The summed E-state index contributed by atoms with van der Waals surface area (Å²) in [6.07, 6.45) is 0. The summed E-state index contributed by atoms with van der Waals surface area (Å²) in [5.74, 6) is 0. The van der Waals surface area contributed by atoms with E-state index in [0.717, 1.165) is 4.47 Å². The Morgan fingerprint density at radius 1 is 0.368 bits per heavy atom. The summed E-state index contributed by atoms with van der Waals surface area (Å²) in [5, 5.41) is 2.52. The fourth-order valence-corrected chi connectivity index (χ4v) is 5.65. The molecule has 0 aliphatic rings. The SMILES string of the molecule is Brc1ccc(-c2cccc(-c3ccc4c(c3)c3ccc(-c5ccccc5)cc3n4-c3ccccc3)c2)cc1. The molecular formula is C36H24BrN. The number of rotatable bonds is 4. The maximum absolute atomic E-state index is 3.55. The van der Waals surface area contributed by atoms with Gasteiger partial charge in [0.25, 0.3) is 0 Å². The first kappa shape index (κ1) is 22.8. The fraction of sp³-hybridized carbons (Fsp3) is 0.